The van der Waals surface area contributed by atoms with Crippen molar-refractivity contribution in [1.29, 1.82) is 0 Å². The predicted molar refractivity (Wildman–Crippen MR) is 52.9 cm³/mol. The standard InChI is InChI=1S/C9H7F2NOS/c10-9(11)4-1-5-7(13)3-14-8(5)2-6(4)12/h1-3,9,13H,12H2. The van der Waals surface area contributed by atoms with E-state index in [0.29, 0.717) is 10.1 Å². The number of nitrogen functional groups attached to an aromatic ring is 1. The molecule has 0 bridgehead atoms. The summed E-state index contributed by atoms with van der Waals surface area (Å²) in [6.45, 7) is 0. The van der Waals surface area contributed by atoms with E-state index in [9.17, 15) is 13.9 Å². The number of aromatic hydroxyl groups is 1. The first-order chi connectivity index (χ1) is 6.59. The van der Waals surface area contributed by atoms with Crippen molar-refractivity contribution in [3.63, 3.8) is 0 Å². The zero-order valence-corrected chi connectivity index (χ0v) is 7.81. The number of rotatable bonds is 1. The van der Waals surface area contributed by atoms with Gasteiger partial charge in [0.2, 0.25) is 0 Å². The van der Waals surface area contributed by atoms with Crippen LogP contribution in [0.3, 0.4) is 0 Å². The van der Waals surface area contributed by atoms with E-state index in [4.69, 9.17) is 5.73 Å². The first-order valence-corrected chi connectivity index (χ1v) is 4.75. The Labute approximate surface area is 82.6 Å². The summed E-state index contributed by atoms with van der Waals surface area (Å²) in [5.74, 6) is 0.0203. The lowest BCUT2D eigenvalue weighted by Crippen LogP contribution is -1.93. The van der Waals surface area contributed by atoms with Crippen LogP contribution in [0.25, 0.3) is 10.1 Å². The van der Waals surface area contributed by atoms with Crippen LogP contribution in [-0.2, 0) is 0 Å². The molecule has 0 saturated carbocycles. The van der Waals surface area contributed by atoms with E-state index >= 15 is 0 Å². The Morgan fingerprint density at radius 3 is 2.71 bits per heavy atom. The molecule has 0 fully saturated rings. The molecule has 0 saturated heterocycles. The van der Waals surface area contributed by atoms with Gasteiger partial charge in [-0.05, 0) is 12.1 Å². The summed E-state index contributed by atoms with van der Waals surface area (Å²) in [5, 5.41) is 11.3. The van der Waals surface area contributed by atoms with Gasteiger partial charge in [-0.1, -0.05) is 0 Å². The minimum absolute atomic E-state index is 0.0203. The van der Waals surface area contributed by atoms with Crippen molar-refractivity contribution in [1.82, 2.24) is 0 Å². The molecule has 74 valence electrons. The maximum Gasteiger partial charge on any atom is 0.265 e. The fraction of sp³-hybridized carbons (Fsp3) is 0.111. The third-order valence-electron chi connectivity index (χ3n) is 1.99. The fourth-order valence-electron chi connectivity index (χ4n) is 1.28. The number of thiophene rings is 1. The van der Waals surface area contributed by atoms with Gasteiger partial charge in [-0.25, -0.2) is 8.78 Å². The lowest BCUT2D eigenvalue weighted by molar-refractivity contribution is 0.152. The Kier molecular flexibility index (Phi) is 2.03. The van der Waals surface area contributed by atoms with Crippen molar-refractivity contribution in [3.05, 3.63) is 23.1 Å². The second-order valence-electron chi connectivity index (χ2n) is 2.90. The van der Waals surface area contributed by atoms with Crippen LogP contribution in [0, 0.1) is 0 Å². The average Bonchev–Trinajstić information content (AvgIpc) is 2.46. The highest BCUT2D eigenvalue weighted by Gasteiger charge is 2.14. The lowest BCUT2D eigenvalue weighted by atomic mass is 10.1. The number of hydrogen-bond donors (Lipinski definition) is 2. The topological polar surface area (TPSA) is 46.2 Å². The van der Waals surface area contributed by atoms with Gasteiger partial charge in [-0.2, -0.15) is 0 Å². The molecule has 0 aliphatic heterocycles. The summed E-state index contributed by atoms with van der Waals surface area (Å²) in [7, 11) is 0. The zero-order valence-electron chi connectivity index (χ0n) is 7.00. The summed E-state index contributed by atoms with van der Waals surface area (Å²) < 4.78 is 25.6. The molecule has 2 aromatic rings. The Hall–Kier alpha value is -1.36. The van der Waals surface area contributed by atoms with Crippen LogP contribution < -0.4 is 5.73 Å². The van der Waals surface area contributed by atoms with E-state index in [-0.39, 0.29) is 17.0 Å². The molecule has 0 amide bonds. The van der Waals surface area contributed by atoms with Gasteiger partial charge in [0.05, 0.1) is 0 Å². The predicted octanol–water partition coefficient (Wildman–Crippen LogP) is 3.13. The Bertz CT molecular complexity index is 481. The van der Waals surface area contributed by atoms with Gasteiger partial charge in [-0.15, -0.1) is 11.3 Å². The number of alkyl halides is 2. The van der Waals surface area contributed by atoms with Gasteiger partial charge in [0.15, 0.2) is 0 Å². The molecular weight excluding hydrogens is 208 g/mol. The zero-order chi connectivity index (χ0) is 10.3. The van der Waals surface area contributed by atoms with Crippen LogP contribution in [0.2, 0.25) is 0 Å². The summed E-state index contributed by atoms with van der Waals surface area (Å²) >= 11 is 1.27. The van der Waals surface area contributed by atoms with Crippen molar-refractivity contribution < 1.29 is 13.9 Å². The van der Waals surface area contributed by atoms with Gasteiger partial charge in [0.25, 0.3) is 6.43 Å². The molecule has 3 N–H and O–H groups in total. The Morgan fingerprint density at radius 2 is 2.07 bits per heavy atom. The lowest BCUT2D eigenvalue weighted by Gasteiger charge is -2.04. The molecule has 0 aliphatic carbocycles. The summed E-state index contributed by atoms with van der Waals surface area (Å²) in [4.78, 5) is 0. The molecule has 0 radical (unpaired) electrons. The third-order valence-corrected chi connectivity index (χ3v) is 2.93. The summed E-state index contributed by atoms with van der Waals surface area (Å²) in [6.07, 6.45) is -2.61. The number of nitrogens with two attached hydrogens (primary N) is 1. The van der Waals surface area contributed by atoms with Gasteiger partial charge in [0, 0.05) is 26.7 Å². The molecular formula is C9H7F2NOS. The van der Waals surface area contributed by atoms with E-state index < -0.39 is 6.43 Å². The summed E-state index contributed by atoms with van der Waals surface area (Å²) in [5.41, 5.74) is 5.28. The van der Waals surface area contributed by atoms with Gasteiger partial charge in [-0.3, -0.25) is 0 Å². The normalized spacial score (nSPS) is 11.4. The van der Waals surface area contributed by atoms with E-state index in [1.54, 1.807) is 0 Å². The van der Waals surface area contributed by atoms with E-state index in [1.165, 1.54) is 28.8 Å². The van der Waals surface area contributed by atoms with Crippen LogP contribution in [0.1, 0.15) is 12.0 Å². The van der Waals surface area contributed by atoms with Crippen LogP contribution >= 0.6 is 11.3 Å². The van der Waals surface area contributed by atoms with Crippen LogP contribution in [0.4, 0.5) is 14.5 Å². The SMILES string of the molecule is Nc1cc2scc(O)c2cc1C(F)F. The number of anilines is 1. The van der Waals surface area contributed by atoms with Gasteiger partial charge < -0.3 is 10.8 Å². The van der Waals surface area contributed by atoms with Crippen molar-refractivity contribution in [3.8, 4) is 5.75 Å². The largest absolute Gasteiger partial charge is 0.506 e. The molecule has 1 aromatic carbocycles. The highest BCUT2D eigenvalue weighted by molar-refractivity contribution is 7.17. The number of fused-ring (bicyclic) bond motifs is 1. The molecule has 5 heteroatoms. The first-order valence-electron chi connectivity index (χ1n) is 3.87. The monoisotopic (exact) mass is 215 g/mol. The highest BCUT2D eigenvalue weighted by atomic mass is 32.1. The van der Waals surface area contributed by atoms with Crippen molar-refractivity contribution in [2.45, 2.75) is 6.43 Å². The molecule has 1 aromatic heterocycles. The van der Waals surface area contributed by atoms with E-state index in [1.807, 2.05) is 0 Å². The second kappa shape index (κ2) is 3.09. The molecule has 1 heterocycles. The smallest absolute Gasteiger partial charge is 0.265 e. The molecule has 2 rings (SSSR count). The quantitative estimate of drug-likeness (QED) is 0.718. The second-order valence-corrected chi connectivity index (χ2v) is 3.81. The average molecular weight is 215 g/mol. The molecule has 0 unspecified atom stereocenters. The van der Waals surface area contributed by atoms with E-state index in [2.05, 4.69) is 0 Å². The maximum absolute atomic E-state index is 12.4. The molecule has 0 spiro atoms. The number of benzene rings is 1. The summed E-state index contributed by atoms with van der Waals surface area (Å²) in [6, 6.07) is 2.70. The molecule has 2 nitrogen and oxygen atoms in total. The minimum atomic E-state index is -2.61. The Morgan fingerprint density at radius 1 is 1.36 bits per heavy atom. The Balaban J connectivity index is 2.74. The van der Waals surface area contributed by atoms with Crippen LogP contribution in [-0.4, -0.2) is 5.11 Å². The van der Waals surface area contributed by atoms with Gasteiger partial charge in [0.1, 0.15) is 5.75 Å². The van der Waals surface area contributed by atoms with Gasteiger partial charge >= 0.3 is 0 Å². The minimum Gasteiger partial charge on any atom is -0.506 e. The third kappa shape index (κ3) is 1.29. The highest BCUT2D eigenvalue weighted by Crippen LogP contribution is 2.37. The van der Waals surface area contributed by atoms with E-state index in [0.717, 1.165) is 0 Å². The van der Waals surface area contributed by atoms with Crippen molar-refractivity contribution in [2.75, 3.05) is 5.73 Å². The van der Waals surface area contributed by atoms with Crippen molar-refractivity contribution >= 4 is 27.1 Å². The molecule has 0 atom stereocenters. The number of hydrogen-bond acceptors (Lipinski definition) is 3. The maximum atomic E-state index is 12.4. The molecule has 0 aliphatic rings. The van der Waals surface area contributed by atoms with Crippen LogP contribution in [0.5, 0.6) is 5.75 Å². The first kappa shape index (κ1) is 9.21. The number of halogens is 2. The molecule has 14 heavy (non-hydrogen) atoms. The van der Waals surface area contributed by atoms with Crippen molar-refractivity contribution in [2.24, 2.45) is 0 Å². The fourth-order valence-corrected chi connectivity index (χ4v) is 2.13. The van der Waals surface area contributed by atoms with Crippen LogP contribution in [0.15, 0.2) is 17.5 Å².